The van der Waals surface area contributed by atoms with Gasteiger partial charge in [0.15, 0.2) is 0 Å². The van der Waals surface area contributed by atoms with Crippen LogP contribution < -0.4 is 5.32 Å². The van der Waals surface area contributed by atoms with Crippen LogP contribution in [0.2, 0.25) is 5.02 Å². The van der Waals surface area contributed by atoms with Crippen LogP contribution in [0, 0.1) is 0 Å². The third kappa shape index (κ3) is 4.71. The SMILES string of the molecule is C[C@@](O)(C(=O)Nc1ccc(S(=O)(=O)c2cccc(C(F)(F)F)c2)cc1Cl)C(F)(F)F. The van der Waals surface area contributed by atoms with Gasteiger partial charge in [0.25, 0.3) is 5.91 Å². The van der Waals surface area contributed by atoms with E-state index >= 15 is 0 Å². The molecule has 0 aliphatic heterocycles. The van der Waals surface area contributed by atoms with Crippen LogP contribution in [0.25, 0.3) is 0 Å². The highest BCUT2D eigenvalue weighted by Gasteiger charge is 2.55. The third-order valence-corrected chi connectivity index (χ3v) is 6.03. The summed E-state index contributed by atoms with van der Waals surface area (Å²) < 4.78 is 102. The molecule has 5 nitrogen and oxygen atoms in total. The Bertz CT molecular complexity index is 1080. The molecule has 0 saturated carbocycles. The van der Waals surface area contributed by atoms with E-state index in [4.69, 9.17) is 11.6 Å². The fraction of sp³-hybridized carbons (Fsp3) is 0.235. The molecule has 0 unspecified atom stereocenters. The lowest BCUT2D eigenvalue weighted by Crippen LogP contribution is -2.52. The van der Waals surface area contributed by atoms with Gasteiger partial charge in [0, 0.05) is 0 Å². The molecule has 0 radical (unpaired) electrons. The Balaban J connectivity index is 2.38. The Kier molecular flexibility index (Phi) is 6.19. The molecule has 13 heteroatoms. The number of carbonyl (C=O) groups is 1. The second-order valence-corrected chi connectivity index (χ2v) is 8.55. The van der Waals surface area contributed by atoms with Crippen LogP contribution in [0.3, 0.4) is 0 Å². The summed E-state index contributed by atoms with van der Waals surface area (Å²) in [4.78, 5) is 10.5. The van der Waals surface area contributed by atoms with Crippen molar-refractivity contribution in [2.24, 2.45) is 0 Å². The zero-order chi connectivity index (χ0) is 23.1. The first-order valence-corrected chi connectivity index (χ1v) is 9.66. The molecule has 0 bridgehead atoms. The molecule has 2 rings (SSSR count). The summed E-state index contributed by atoms with van der Waals surface area (Å²) in [7, 11) is -4.47. The number of aliphatic hydroxyl groups is 1. The predicted molar refractivity (Wildman–Crippen MR) is 93.7 cm³/mol. The van der Waals surface area contributed by atoms with Crippen LogP contribution in [-0.4, -0.2) is 31.2 Å². The molecule has 1 atom stereocenters. The van der Waals surface area contributed by atoms with Crippen molar-refractivity contribution in [1.29, 1.82) is 0 Å². The molecule has 2 N–H and O–H groups in total. The van der Waals surface area contributed by atoms with Crippen molar-refractivity contribution in [3.8, 4) is 0 Å². The molecule has 0 aliphatic rings. The Morgan fingerprint density at radius 3 is 2.07 bits per heavy atom. The summed E-state index contributed by atoms with van der Waals surface area (Å²) in [6.45, 7) is 0.211. The van der Waals surface area contributed by atoms with Gasteiger partial charge in [-0.1, -0.05) is 17.7 Å². The number of benzene rings is 2. The minimum Gasteiger partial charge on any atom is -0.373 e. The van der Waals surface area contributed by atoms with E-state index in [1.165, 1.54) is 0 Å². The van der Waals surface area contributed by atoms with Gasteiger partial charge in [-0.25, -0.2) is 8.42 Å². The number of nitrogens with one attached hydrogen (secondary N) is 1. The van der Waals surface area contributed by atoms with Crippen molar-refractivity contribution in [3.05, 3.63) is 53.1 Å². The van der Waals surface area contributed by atoms with Crippen molar-refractivity contribution in [1.82, 2.24) is 0 Å². The van der Waals surface area contributed by atoms with Crippen LogP contribution in [0.15, 0.2) is 52.3 Å². The van der Waals surface area contributed by atoms with Gasteiger partial charge < -0.3 is 10.4 Å². The zero-order valence-electron chi connectivity index (χ0n) is 14.8. The summed E-state index contributed by atoms with van der Waals surface area (Å²) >= 11 is 5.81. The van der Waals surface area contributed by atoms with Crippen molar-refractivity contribution in [2.45, 2.75) is 34.7 Å². The Morgan fingerprint density at radius 2 is 1.57 bits per heavy atom. The smallest absolute Gasteiger partial charge is 0.373 e. The summed E-state index contributed by atoms with van der Waals surface area (Å²) in [6, 6.07) is 5.33. The van der Waals surface area contributed by atoms with E-state index in [0.717, 1.165) is 30.3 Å². The van der Waals surface area contributed by atoms with Gasteiger partial charge in [0.05, 0.1) is 26.1 Å². The van der Waals surface area contributed by atoms with E-state index < -0.39 is 59.8 Å². The molecule has 2 aromatic carbocycles. The molecule has 164 valence electrons. The van der Waals surface area contributed by atoms with Gasteiger partial charge in [0.1, 0.15) is 0 Å². The Hall–Kier alpha value is -2.31. The standard InChI is InChI=1S/C17H12ClF6NO4S/c1-15(27,17(22,23)24)14(26)25-13-6-5-11(8-12(13)18)30(28,29)10-4-2-3-9(7-10)16(19,20)21/h2-8,27H,1H3,(H,25,26)/t15-/m1/s1. The molecule has 30 heavy (non-hydrogen) atoms. The second kappa shape index (κ2) is 7.75. The second-order valence-electron chi connectivity index (χ2n) is 6.19. The fourth-order valence-electron chi connectivity index (χ4n) is 2.11. The number of sulfone groups is 1. The van der Waals surface area contributed by atoms with Gasteiger partial charge in [-0.3, -0.25) is 4.79 Å². The predicted octanol–water partition coefficient (Wildman–Crippen LogP) is 4.44. The maximum Gasteiger partial charge on any atom is 0.426 e. The van der Waals surface area contributed by atoms with Gasteiger partial charge in [-0.2, -0.15) is 26.3 Å². The molecule has 0 spiro atoms. The van der Waals surface area contributed by atoms with Gasteiger partial charge >= 0.3 is 12.4 Å². The van der Waals surface area contributed by atoms with Crippen molar-refractivity contribution >= 4 is 33.0 Å². The summed E-state index contributed by atoms with van der Waals surface area (Å²) in [5.74, 6) is -1.87. The van der Waals surface area contributed by atoms with Crippen molar-refractivity contribution < 1.29 is 44.7 Å². The number of amides is 1. The third-order valence-electron chi connectivity index (χ3n) is 3.96. The molecule has 0 heterocycles. The van der Waals surface area contributed by atoms with E-state index in [0.29, 0.717) is 12.1 Å². The van der Waals surface area contributed by atoms with Gasteiger partial charge in [0.2, 0.25) is 15.4 Å². The van der Waals surface area contributed by atoms with Crippen LogP contribution in [0.1, 0.15) is 12.5 Å². The largest absolute Gasteiger partial charge is 0.426 e. The Labute approximate surface area is 171 Å². The molecule has 0 aromatic heterocycles. The number of hydrogen-bond donors (Lipinski definition) is 2. The van der Waals surface area contributed by atoms with E-state index in [1.807, 2.05) is 0 Å². The highest BCUT2D eigenvalue weighted by Crippen LogP contribution is 2.35. The van der Waals surface area contributed by atoms with E-state index in [1.54, 1.807) is 5.32 Å². The topological polar surface area (TPSA) is 83.5 Å². The molecule has 0 saturated heterocycles. The van der Waals surface area contributed by atoms with E-state index in [2.05, 4.69) is 0 Å². The maximum atomic E-state index is 12.8. The lowest BCUT2D eigenvalue weighted by Gasteiger charge is -2.25. The number of rotatable bonds is 4. The molecule has 1 amide bonds. The normalized spacial score (nSPS) is 14.8. The monoisotopic (exact) mass is 475 g/mol. The average Bonchev–Trinajstić information content (AvgIpc) is 2.61. The van der Waals surface area contributed by atoms with Gasteiger partial charge in [-0.15, -0.1) is 0 Å². The minimum atomic E-state index is -5.30. The Morgan fingerprint density at radius 1 is 1.00 bits per heavy atom. The number of alkyl halides is 6. The molecule has 0 fully saturated rings. The fourth-order valence-corrected chi connectivity index (χ4v) is 3.74. The highest BCUT2D eigenvalue weighted by atomic mass is 35.5. The number of halogens is 7. The summed E-state index contributed by atoms with van der Waals surface area (Å²) in [5, 5.41) is 10.5. The highest BCUT2D eigenvalue weighted by molar-refractivity contribution is 7.91. The number of hydrogen-bond acceptors (Lipinski definition) is 4. The molecular formula is C17H12ClF6NO4S. The summed E-state index contributed by atoms with van der Waals surface area (Å²) in [6.07, 6.45) is -10.1. The minimum absolute atomic E-state index is 0.211. The van der Waals surface area contributed by atoms with Crippen LogP contribution >= 0.6 is 11.6 Å². The van der Waals surface area contributed by atoms with Crippen molar-refractivity contribution in [3.63, 3.8) is 0 Å². The van der Waals surface area contributed by atoms with E-state index in [-0.39, 0.29) is 6.92 Å². The summed E-state index contributed by atoms with van der Waals surface area (Å²) in [5.41, 5.74) is -5.40. The average molecular weight is 476 g/mol. The van der Waals surface area contributed by atoms with Crippen LogP contribution in [-0.2, 0) is 20.8 Å². The first kappa shape index (κ1) is 24.0. The first-order chi connectivity index (χ1) is 13.5. The lowest BCUT2D eigenvalue weighted by atomic mass is 10.1. The number of anilines is 1. The van der Waals surface area contributed by atoms with Crippen molar-refractivity contribution in [2.75, 3.05) is 5.32 Å². The van der Waals surface area contributed by atoms with E-state index in [9.17, 15) is 44.7 Å². The lowest BCUT2D eigenvalue weighted by molar-refractivity contribution is -0.242. The van der Waals surface area contributed by atoms with Gasteiger partial charge in [-0.05, 0) is 43.3 Å². The zero-order valence-corrected chi connectivity index (χ0v) is 16.3. The first-order valence-electron chi connectivity index (χ1n) is 7.80. The van der Waals surface area contributed by atoms with Crippen LogP contribution in [0.4, 0.5) is 32.0 Å². The number of carbonyl (C=O) groups excluding carboxylic acids is 1. The quantitative estimate of drug-likeness (QED) is 0.640. The molecule has 2 aromatic rings. The van der Waals surface area contributed by atoms with Crippen LogP contribution in [0.5, 0.6) is 0 Å². The maximum absolute atomic E-state index is 12.8. The molecular weight excluding hydrogens is 464 g/mol. The molecule has 0 aliphatic carbocycles.